The van der Waals surface area contributed by atoms with Crippen molar-refractivity contribution in [3.8, 4) is 0 Å². The molecule has 0 aliphatic heterocycles. The molecule has 0 bridgehead atoms. The van der Waals surface area contributed by atoms with Gasteiger partial charge in [0, 0.05) is 13.1 Å². The number of carbonyl (C=O) groups excluding carboxylic acids is 2. The van der Waals surface area contributed by atoms with E-state index >= 15 is 0 Å². The Labute approximate surface area is 279 Å². The second kappa shape index (κ2) is 26.8. The highest BCUT2D eigenvalue weighted by Gasteiger charge is 2.08. The minimum absolute atomic E-state index is 0.250. The number of azo groups is 1. The zero-order valence-electron chi connectivity index (χ0n) is 28.9. The molecule has 4 amide bonds. The lowest BCUT2D eigenvalue weighted by molar-refractivity contribution is 0.251. The maximum Gasteiger partial charge on any atom is 0.319 e. The molecule has 4 N–H and O–H groups in total. The van der Waals surface area contributed by atoms with Gasteiger partial charge in [-0.05, 0) is 37.1 Å². The Morgan fingerprint density at radius 3 is 1.11 bits per heavy atom. The van der Waals surface area contributed by atoms with Gasteiger partial charge in [-0.15, -0.1) is 10.2 Å². The van der Waals surface area contributed by atoms with Crippen molar-refractivity contribution < 1.29 is 9.59 Å². The molecule has 0 heterocycles. The Bertz CT molecular complexity index is 1020. The standard InChI is InChI=1S/C38H62N6O2/c1-3-5-7-9-11-13-15-17-19-25-31-39-37(45)41-33-27-21-23-29-35(33)43-44-36-30-24-22-28-34(36)42-38(46)40-32-26-20-18-16-14-12-10-8-6-4-2/h21-24,27-30H,3-20,25-26,31-32H2,1-2H3,(H2,39,41,45)(H2,40,42,46). The van der Waals surface area contributed by atoms with E-state index in [1.54, 1.807) is 24.3 Å². The molecule has 0 atom stereocenters. The average Bonchev–Trinajstić information content (AvgIpc) is 3.06. The number of hydrogen-bond acceptors (Lipinski definition) is 4. The number of unbranched alkanes of at least 4 members (excludes halogenated alkanes) is 18. The van der Waals surface area contributed by atoms with E-state index in [-0.39, 0.29) is 12.1 Å². The fourth-order valence-electron chi connectivity index (χ4n) is 5.40. The van der Waals surface area contributed by atoms with Crippen LogP contribution in [0, 0.1) is 0 Å². The number of benzene rings is 2. The predicted molar refractivity (Wildman–Crippen MR) is 195 cm³/mol. The minimum atomic E-state index is -0.250. The van der Waals surface area contributed by atoms with Gasteiger partial charge in [0.1, 0.15) is 11.4 Å². The largest absolute Gasteiger partial charge is 0.338 e. The molecular weight excluding hydrogens is 572 g/mol. The molecule has 256 valence electrons. The van der Waals surface area contributed by atoms with Gasteiger partial charge in [-0.25, -0.2) is 9.59 Å². The van der Waals surface area contributed by atoms with Crippen LogP contribution >= 0.6 is 0 Å². The third-order valence-electron chi connectivity index (χ3n) is 8.20. The second-order valence-electron chi connectivity index (χ2n) is 12.4. The van der Waals surface area contributed by atoms with Crippen LogP contribution in [0.15, 0.2) is 58.8 Å². The summed E-state index contributed by atoms with van der Waals surface area (Å²) in [5.74, 6) is 0. The Kier molecular flexibility index (Phi) is 22.6. The zero-order valence-corrected chi connectivity index (χ0v) is 28.9. The molecule has 0 aliphatic rings. The van der Waals surface area contributed by atoms with Crippen molar-refractivity contribution in [1.29, 1.82) is 0 Å². The Morgan fingerprint density at radius 2 is 0.761 bits per heavy atom. The van der Waals surface area contributed by atoms with E-state index in [0.29, 0.717) is 35.8 Å². The van der Waals surface area contributed by atoms with Gasteiger partial charge in [0.2, 0.25) is 0 Å². The van der Waals surface area contributed by atoms with Crippen LogP contribution in [-0.4, -0.2) is 25.2 Å². The van der Waals surface area contributed by atoms with Gasteiger partial charge >= 0.3 is 12.1 Å². The number of nitrogens with one attached hydrogen (secondary N) is 4. The van der Waals surface area contributed by atoms with Crippen molar-refractivity contribution in [2.24, 2.45) is 10.2 Å². The zero-order chi connectivity index (χ0) is 32.9. The van der Waals surface area contributed by atoms with Crippen LogP contribution < -0.4 is 21.3 Å². The summed E-state index contributed by atoms with van der Waals surface area (Å²) in [6.45, 7) is 5.79. The van der Waals surface area contributed by atoms with Crippen molar-refractivity contribution in [1.82, 2.24) is 10.6 Å². The molecular formula is C38H62N6O2. The van der Waals surface area contributed by atoms with Crippen LogP contribution in [0.4, 0.5) is 32.3 Å². The van der Waals surface area contributed by atoms with Gasteiger partial charge in [0.05, 0.1) is 11.4 Å². The summed E-state index contributed by atoms with van der Waals surface area (Å²) < 4.78 is 0. The normalized spacial score (nSPS) is 11.1. The number of para-hydroxylation sites is 2. The molecule has 0 spiro atoms. The smallest absolute Gasteiger partial charge is 0.319 e. The molecule has 8 heteroatoms. The molecule has 0 aromatic heterocycles. The Morgan fingerprint density at radius 1 is 0.457 bits per heavy atom. The summed E-state index contributed by atoms with van der Waals surface area (Å²) in [5.41, 5.74) is 2.23. The summed E-state index contributed by atoms with van der Waals surface area (Å²) in [5, 5.41) is 20.5. The van der Waals surface area contributed by atoms with Gasteiger partial charge in [-0.3, -0.25) is 0 Å². The van der Waals surface area contributed by atoms with Crippen LogP contribution in [-0.2, 0) is 0 Å². The first-order valence-electron chi connectivity index (χ1n) is 18.3. The lowest BCUT2D eigenvalue weighted by Gasteiger charge is -2.10. The van der Waals surface area contributed by atoms with Crippen molar-refractivity contribution in [2.75, 3.05) is 23.7 Å². The molecule has 0 aliphatic carbocycles. The fraction of sp³-hybridized carbons (Fsp3) is 0.632. The van der Waals surface area contributed by atoms with Crippen LogP contribution in [0.1, 0.15) is 142 Å². The van der Waals surface area contributed by atoms with E-state index in [4.69, 9.17) is 0 Å². The van der Waals surface area contributed by atoms with Gasteiger partial charge in [0.25, 0.3) is 0 Å². The Balaban J connectivity index is 1.69. The first kappa shape index (κ1) is 38.8. The van der Waals surface area contributed by atoms with E-state index < -0.39 is 0 Å². The van der Waals surface area contributed by atoms with Gasteiger partial charge in [0.15, 0.2) is 0 Å². The van der Waals surface area contributed by atoms with Gasteiger partial charge in [-0.1, -0.05) is 154 Å². The van der Waals surface area contributed by atoms with Crippen molar-refractivity contribution in [2.45, 2.75) is 142 Å². The fourth-order valence-corrected chi connectivity index (χ4v) is 5.40. The predicted octanol–water partition coefficient (Wildman–Crippen LogP) is 12.2. The molecule has 0 saturated carbocycles. The SMILES string of the molecule is CCCCCCCCCCCCNC(=O)Nc1ccccc1N=Nc1ccccc1NC(=O)NCCCCCCCCCCCC. The lowest BCUT2D eigenvalue weighted by atomic mass is 10.1. The molecule has 2 aromatic rings. The first-order chi connectivity index (χ1) is 22.6. The van der Waals surface area contributed by atoms with Gasteiger partial charge < -0.3 is 21.3 Å². The second-order valence-corrected chi connectivity index (χ2v) is 12.4. The molecule has 0 fully saturated rings. The first-order valence-corrected chi connectivity index (χ1v) is 18.3. The van der Waals surface area contributed by atoms with Crippen LogP contribution in [0.5, 0.6) is 0 Å². The number of amides is 4. The Hall–Kier alpha value is -3.42. The molecule has 0 unspecified atom stereocenters. The van der Waals surface area contributed by atoms with Crippen molar-refractivity contribution >= 4 is 34.8 Å². The average molecular weight is 635 g/mol. The third-order valence-corrected chi connectivity index (χ3v) is 8.20. The summed E-state index contributed by atoms with van der Waals surface area (Å²) >= 11 is 0. The van der Waals surface area contributed by atoms with Crippen LogP contribution in [0.3, 0.4) is 0 Å². The number of nitrogens with zero attached hydrogens (tertiary/aromatic N) is 2. The number of anilines is 2. The number of urea groups is 2. The minimum Gasteiger partial charge on any atom is -0.338 e. The van der Waals surface area contributed by atoms with Crippen molar-refractivity contribution in [3.63, 3.8) is 0 Å². The highest BCUT2D eigenvalue weighted by Crippen LogP contribution is 2.30. The van der Waals surface area contributed by atoms with E-state index in [0.717, 1.165) is 25.7 Å². The van der Waals surface area contributed by atoms with Crippen LogP contribution in [0.25, 0.3) is 0 Å². The maximum atomic E-state index is 12.5. The lowest BCUT2D eigenvalue weighted by Crippen LogP contribution is -2.29. The highest BCUT2D eigenvalue weighted by atomic mass is 16.2. The summed E-state index contributed by atoms with van der Waals surface area (Å²) in [6, 6.07) is 14.1. The molecule has 2 aromatic carbocycles. The molecule has 0 saturated heterocycles. The van der Waals surface area contributed by atoms with Gasteiger partial charge in [-0.2, -0.15) is 0 Å². The number of rotatable bonds is 26. The van der Waals surface area contributed by atoms with Crippen molar-refractivity contribution in [3.05, 3.63) is 48.5 Å². The topological polar surface area (TPSA) is 107 Å². The molecule has 46 heavy (non-hydrogen) atoms. The molecule has 2 rings (SSSR count). The monoisotopic (exact) mass is 634 g/mol. The van der Waals surface area contributed by atoms with E-state index in [1.807, 2.05) is 24.3 Å². The highest BCUT2D eigenvalue weighted by molar-refractivity contribution is 5.93. The quantitative estimate of drug-likeness (QED) is 0.0610. The molecule has 0 radical (unpaired) electrons. The number of hydrogen-bond donors (Lipinski definition) is 4. The molecule has 8 nitrogen and oxygen atoms in total. The van der Waals surface area contributed by atoms with E-state index in [1.165, 1.54) is 103 Å². The summed E-state index contributed by atoms with van der Waals surface area (Å²) in [6.07, 6.45) is 25.3. The summed E-state index contributed by atoms with van der Waals surface area (Å²) in [4.78, 5) is 25.1. The number of carbonyl (C=O) groups is 2. The summed E-state index contributed by atoms with van der Waals surface area (Å²) in [7, 11) is 0. The van der Waals surface area contributed by atoms with Crippen LogP contribution in [0.2, 0.25) is 0 Å². The van der Waals surface area contributed by atoms with E-state index in [2.05, 4.69) is 45.3 Å². The third kappa shape index (κ3) is 19.2. The van der Waals surface area contributed by atoms with E-state index in [9.17, 15) is 9.59 Å². The maximum absolute atomic E-state index is 12.5.